The Morgan fingerprint density at radius 1 is 0.865 bits per heavy atom. The number of fused-ring (bicyclic) bond motifs is 1. The Hall–Kier alpha value is -4.31. The van der Waals surface area contributed by atoms with Gasteiger partial charge in [-0.3, -0.25) is 9.59 Å². The first-order chi connectivity index (χ1) is 17.9. The van der Waals surface area contributed by atoms with Crippen LogP contribution < -0.4 is 15.5 Å². The predicted octanol–water partition coefficient (Wildman–Crippen LogP) is 4.11. The molecule has 2 aromatic carbocycles. The van der Waals surface area contributed by atoms with Crippen molar-refractivity contribution in [2.75, 3.05) is 12.4 Å². The molecule has 4 rings (SSSR count). The van der Waals surface area contributed by atoms with E-state index < -0.39 is 23.8 Å². The van der Waals surface area contributed by atoms with E-state index in [9.17, 15) is 19.2 Å². The fourth-order valence-electron chi connectivity index (χ4n) is 3.89. The predicted molar refractivity (Wildman–Crippen MR) is 139 cm³/mol. The molecule has 1 aliphatic carbocycles. The first kappa shape index (κ1) is 25.8. The van der Waals surface area contributed by atoms with Crippen molar-refractivity contribution in [3.05, 3.63) is 81.7 Å². The van der Waals surface area contributed by atoms with E-state index in [1.165, 1.54) is 18.4 Å². The number of hydrogen-bond acceptors (Lipinski definition) is 8. The number of anilines is 1. The van der Waals surface area contributed by atoms with Crippen molar-refractivity contribution in [1.82, 2.24) is 5.43 Å². The Morgan fingerprint density at radius 2 is 1.57 bits per heavy atom. The lowest BCUT2D eigenvalue weighted by Crippen LogP contribution is -2.33. The summed E-state index contributed by atoms with van der Waals surface area (Å²) < 4.78 is 10.2. The number of carbonyl (C=O) groups is 4. The van der Waals surface area contributed by atoms with Gasteiger partial charge in [-0.15, -0.1) is 11.3 Å². The number of ether oxygens (including phenoxy) is 2. The van der Waals surface area contributed by atoms with E-state index >= 15 is 0 Å². The molecule has 37 heavy (non-hydrogen) atoms. The summed E-state index contributed by atoms with van der Waals surface area (Å²) in [7, 11) is 1.28. The van der Waals surface area contributed by atoms with Crippen LogP contribution in [0.4, 0.5) is 5.00 Å². The minimum atomic E-state index is -0.977. The Morgan fingerprint density at radius 3 is 2.27 bits per heavy atom. The van der Waals surface area contributed by atoms with Crippen LogP contribution in [0.2, 0.25) is 0 Å². The average molecular weight is 520 g/mol. The quantitative estimate of drug-likeness (QED) is 0.166. The highest BCUT2D eigenvalue weighted by molar-refractivity contribution is 7.17. The largest absolute Gasteiger partial charge is 0.465 e. The van der Waals surface area contributed by atoms with E-state index in [-0.39, 0.29) is 0 Å². The number of carbonyl (C=O) groups excluding carboxylic acids is 4. The lowest BCUT2D eigenvalue weighted by Gasteiger charge is -2.11. The molecule has 2 amide bonds. The minimum absolute atomic E-state index is 0.306. The summed E-state index contributed by atoms with van der Waals surface area (Å²) in [5, 5.41) is 6.83. The van der Waals surface area contributed by atoms with E-state index in [0.29, 0.717) is 33.2 Å². The molecule has 0 saturated heterocycles. The number of esters is 2. The number of hydrazone groups is 1. The highest BCUT2D eigenvalue weighted by Gasteiger charge is 2.28. The van der Waals surface area contributed by atoms with Crippen molar-refractivity contribution in [3.8, 4) is 5.75 Å². The van der Waals surface area contributed by atoms with E-state index in [0.717, 1.165) is 36.1 Å². The van der Waals surface area contributed by atoms with Gasteiger partial charge in [0.05, 0.1) is 23.9 Å². The van der Waals surface area contributed by atoms with Crippen molar-refractivity contribution >= 4 is 45.8 Å². The second-order valence-electron chi connectivity index (χ2n) is 8.28. The van der Waals surface area contributed by atoms with Gasteiger partial charge in [-0.2, -0.15) is 5.10 Å². The first-order valence-corrected chi connectivity index (χ1v) is 12.4. The van der Waals surface area contributed by atoms with Crippen LogP contribution in [0.1, 0.15) is 56.5 Å². The molecule has 0 radical (unpaired) electrons. The molecule has 3 aromatic rings. The van der Waals surface area contributed by atoms with E-state index in [1.54, 1.807) is 55.5 Å². The zero-order valence-corrected chi connectivity index (χ0v) is 21.1. The van der Waals surface area contributed by atoms with Gasteiger partial charge < -0.3 is 14.8 Å². The molecule has 0 bridgehead atoms. The van der Waals surface area contributed by atoms with Gasteiger partial charge in [0.25, 0.3) is 0 Å². The van der Waals surface area contributed by atoms with E-state index in [4.69, 9.17) is 9.47 Å². The number of methoxy groups -OCH3 is 1. The van der Waals surface area contributed by atoms with Crippen LogP contribution in [-0.2, 0) is 27.2 Å². The van der Waals surface area contributed by atoms with Gasteiger partial charge >= 0.3 is 23.8 Å². The molecule has 1 heterocycles. The normalized spacial score (nSPS) is 12.8. The number of rotatable bonds is 6. The molecular formula is C27H25N3O6S. The number of aryl methyl sites for hydroxylation is 1. The monoisotopic (exact) mass is 519 g/mol. The van der Waals surface area contributed by atoms with Crippen LogP contribution in [0.5, 0.6) is 5.75 Å². The zero-order chi connectivity index (χ0) is 26.4. The van der Waals surface area contributed by atoms with Crippen molar-refractivity contribution < 1.29 is 28.7 Å². The van der Waals surface area contributed by atoms with Crippen LogP contribution in [0.3, 0.4) is 0 Å². The molecule has 0 atom stereocenters. The molecule has 0 unspecified atom stereocenters. The molecular weight excluding hydrogens is 494 g/mol. The fraction of sp³-hybridized carbons (Fsp3) is 0.222. The molecule has 0 saturated carbocycles. The van der Waals surface area contributed by atoms with Crippen molar-refractivity contribution in [2.24, 2.45) is 5.10 Å². The summed E-state index contributed by atoms with van der Waals surface area (Å²) in [5.74, 6) is -2.58. The van der Waals surface area contributed by atoms with Crippen molar-refractivity contribution in [2.45, 2.75) is 32.6 Å². The van der Waals surface area contributed by atoms with Gasteiger partial charge in [0, 0.05) is 4.88 Å². The molecule has 190 valence electrons. The fourth-order valence-corrected chi connectivity index (χ4v) is 5.16. The molecule has 2 N–H and O–H groups in total. The van der Waals surface area contributed by atoms with Gasteiger partial charge in [0.15, 0.2) is 0 Å². The maximum atomic E-state index is 12.5. The number of nitrogens with zero attached hydrogens (tertiary/aromatic N) is 1. The second kappa shape index (κ2) is 11.6. The molecule has 10 heteroatoms. The van der Waals surface area contributed by atoms with Crippen LogP contribution in [-0.4, -0.2) is 36.6 Å². The Bertz CT molecular complexity index is 1360. The highest BCUT2D eigenvalue weighted by Crippen LogP contribution is 2.38. The molecule has 0 spiro atoms. The van der Waals surface area contributed by atoms with Gasteiger partial charge in [0.2, 0.25) is 0 Å². The Balaban J connectivity index is 1.37. The third kappa shape index (κ3) is 6.10. The number of nitrogens with one attached hydrogen (secondary N) is 2. The summed E-state index contributed by atoms with van der Waals surface area (Å²) in [5.41, 5.74) is 4.95. The SMILES string of the molecule is COC(=O)c1c(NC(=O)C(=O)NN=C(C)c2ccc(OC(=O)c3ccccc3)cc2)sc2c1CCCC2. The molecule has 9 nitrogen and oxygen atoms in total. The third-order valence-corrected chi connectivity index (χ3v) is 7.02. The second-order valence-corrected chi connectivity index (χ2v) is 9.38. The Labute approximate surface area is 217 Å². The Kier molecular flexibility index (Phi) is 8.09. The van der Waals surface area contributed by atoms with Crippen molar-refractivity contribution in [3.63, 3.8) is 0 Å². The van der Waals surface area contributed by atoms with Gasteiger partial charge in [0.1, 0.15) is 10.8 Å². The van der Waals surface area contributed by atoms with Crippen LogP contribution in [0.15, 0.2) is 59.7 Å². The number of benzene rings is 2. The summed E-state index contributed by atoms with van der Waals surface area (Å²) in [4.78, 5) is 50.4. The highest BCUT2D eigenvalue weighted by atomic mass is 32.1. The average Bonchev–Trinajstić information content (AvgIpc) is 3.29. The molecule has 1 aromatic heterocycles. The van der Waals surface area contributed by atoms with Crippen LogP contribution in [0, 0.1) is 0 Å². The maximum absolute atomic E-state index is 12.5. The number of thiophene rings is 1. The van der Waals surface area contributed by atoms with E-state index in [2.05, 4.69) is 15.8 Å². The lowest BCUT2D eigenvalue weighted by molar-refractivity contribution is -0.136. The van der Waals surface area contributed by atoms with E-state index in [1.807, 2.05) is 6.07 Å². The van der Waals surface area contributed by atoms with Crippen LogP contribution >= 0.6 is 11.3 Å². The third-order valence-electron chi connectivity index (χ3n) is 5.81. The summed E-state index contributed by atoms with van der Waals surface area (Å²) in [6, 6.07) is 15.2. The smallest absolute Gasteiger partial charge is 0.343 e. The molecule has 0 fully saturated rings. The molecule has 0 aliphatic heterocycles. The lowest BCUT2D eigenvalue weighted by atomic mass is 9.95. The van der Waals surface area contributed by atoms with Crippen LogP contribution in [0.25, 0.3) is 0 Å². The van der Waals surface area contributed by atoms with Gasteiger partial charge in [-0.1, -0.05) is 18.2 Å². The molecule has 1 aliphatic rings. The summed E-state index contributed by atoms with van der Waals surface area (Å²) in [6.07, 6.45) is 3.50. The summed E-state index contributed by atoms with van der Waals surface area (Å²) >= 11 is 1.29. The summed E-state index contributed by atoms with van der Waals surface area (Å²) in [6.45, 7) is 1.66. The number of hydrogen-bond donors (Lipinski definition) is 2. The standard InChI is InChI=1S/C27H25N3O6S/c1-16(17-12-14-19(15-13-17)36-26(33)18-8-4-3-5-9-18)29-30-24(32)23(31)28-25-22(27(34)35-2)20-10-6-7-11-21(20)37-25/h3-5,8-9,12-15H,6-7,10-11H2,1-2H3,(H,28,31)(H,30,32). The maximum Gasteiger partial charge on any atom is 0.343 e. The minimum Gasteiger partial charge on any atom is -0.465 e. The zero-order valence-electron chi connectivity index (χ0n) is 20.3. The topological polar surface area (TPSA) is 123 Å². The van der Waals surface area contributed by atoms with Gasteiger partial charge in [-0.05, 0) is 80.1 Å². The number of amides is 2. The van der Waals surface area contributed by atoms with Gasteiger partial charge in [-0.25, -0.2) is 15.0 Å². The van der Waals surface area contributed by atoms with Crippen molar-refractivity contribution in [1.29, 1.82) is 0 Å². The first-order valence-electron chi connectivity index (χ1n) is 11.6.